The van der Waals surface area contributed by atoms with Gasteiger partial charge in [0, 0.05) is 17.8 Å². The molecule has 3 nitrogen and oxygen atoms in total. The molecule has 0 aliphatic rings. The van der Waals surface area contributed by atoms with E-state index in [1.807, 2.05) is 0 Å². The van der Waals surface area contributed by atoms with E-state index < -0.39 is 36.2 Å². The minimum absolute atomic E-state index is 0.261. The molecule has 1 aromatic rings. The normalized spacial score (nSPS) is 12.2. The Morgan fingerprint density at radius 2 is 1.88 bits per heavy atom. The minimum atomic E-state index is -4.81. The summed E-state index contributed by atoms with van der Waals surface area (Å²) in [5, 5.41) is 0. The maximum atomic E-state index is 12.4. The number of hydrogen-bond acceptors (Lipinski definition) is 3. The van der Waals surface area contributed by atoms with Gasteiger partial charge in [-0.15, -0.1) is 0 Å². The van der Waals surface area contributed by atoms with Gasteiger partial charge >= 0.3 is 6.18 Å². The van der Waals surface area contributed by atoms with E-state index in [4.69, 9.17) is 11.5 Å². The lowest BCUT2D eigenvalue weighted by molar-refractivity contribution is -0.141. The molecule has 4 N–H and O–H groups in total. The Hall–Kier alpha value is -1.44. The van der Waals surface area contributed by atoms with Crippen LogP contribution in [0.4, 0.5) is 27.6 Å². The lowest BCUT2D eigenvalue weighted by Gasteiger charge is -2.13. The number of alkyl halides is 5. The van der Waals surface area contributed by atoms with Gasteiger partial charge in [-0.2, -0.15) is 13.2 Å². The van der Waals surface area contributed by atoms with Crippen molar-refractivity contribution in [2.24, 2.45) is 5.73 Å². The summed E-state index contributed by atoms with van der Waals surface area (Å²) < 4.78 is 61.6. The maximum absolute atomic E-state index is 12.4. The van der Waals surface area contributed by atoms with Crippen molar-refractivity contribution < 1.29 is 22.0 Å². The molecule has 0 saturated heterocycles. The van der Waals surface area contributed by atoms with Crippen LogP contribution < -0.4 is 11.5 Å². The number of hydrogen-bond donors (Lipinski definition) is 2. The monoisotopic (exact) mass is 241 g/mol. The fourth-order valence-electron chi connectivity index (χ4n) is 1.16. The average molecular weight is 241 g/mol. The van der Waals surface area contributed by atoms with Crippen molar-refractivity contribution in [2.75, 3.05) is 5.73 Å². The van der Waals surface area contributed by atoms with Crippen molar-refractivity contribution >= 4 is 5.69 Å². The Bertz CT molecular complexity index is 388. The zero-order chi connectivity index (χ0) is 12.5. The second-order valence-corrected chi connectivity index (χ2v) is 2.96. The smallest absolute Gasteiger partial charge is 0.398 e. The van der Waals surface area contributed by atoms with Crippen molar-refractivity contribution in [3.8, 4) is 0 Å². The molecular formula is C8H8F5N3. The van der Waals surface area contributed by atoms with E-state index in [1.54, 1.807) is 0 Å². The summed E-state index contributed by atoms with van der Waals surface area (Å²) in [6, 6.07) is 0.494. The molecule has 16 heavy (non-hydrogen) atoms. The third-order valence-corrected chi connectivity index (χ3v) is 1.89. The highest BCUT2D eigenvalue weighted by Crippen LogP contribution is 2.33. The van der Waals surface area contributed by atoms with E-state index in [0.717, 1.165) is 0 Å². The predicted octanol–water partition coefficient (Wildman–Crippen LogP) is 2.08. The molecular weight excluding hydrogens is 233 g/mol. The molecule has 1 aromatic heterocycles. The largest absolute Gasteiger partial charge is 0.433 e. The number of nitrogens with zero attached hydrogens (tertiary/aromatic N) is 1. The molecule has 0 bridgehead atoms. The fraction of sp³-hybridized carbons (Fsp3) is 0.375. The van der Waals surface area contributed by atoms with Gasteiger partial charge in [0.1, 0.15) is 11.4 Å². The highest BCUT2D eigenvalue weighted by atomic mass is 19.4. The van der Waals surface area contributed by atoms with Crippen LogP contribution in [0.2, 0.25) is 0 Å². The van der Waals surface area contributed by atoms with E-state index >= 15 is 0 Å². The number of anilines is 1. The van der Waals surface area contributed by atoms with E-state index in [-0.39, 0.29) is 5.56 Å². The van der Waals surface area contributed by atoms with Crippen molar-refractivity contribution in [3.05, 3.63) is 23.0 Å². The van der Waals surface area contributed by atoms with E-state index in [9.17, 15) is 22.0 Å². The Kier molecular flexibility index (Phi) is 3.32. The summed E-state index contributed by atoms with van der Waals surface area (Å²) in [4.78, 5) is 2.84. The van der Waals surface area contributed by atoms with Crippen molar-refractivity contribution in [3.63, 3.8) is 0 Å². The summed E-state index contributed by atoms with van der Waals surface area (Å²) >= 11 is 0. The van der Waals surface area contributed by atoms with Crippen LogP contribution in [0, 0.1) is 0 Å². The number of halogens is 5. The summed E-state index contributed by atoms with van der Waals surface area (Å²) in [5.74, 6) is 0. The van der Waals surface area contributed by atoms with Gasteiger partial charge in [0.25, 0.3) is 6.43 Å². The maximum Gasteiger partial charge on any atom is 0.433 e. The molecule has 8 heteroatoms. The van der Waals surface area contributed by atoms with Gasteiger partial charge in [-0.3, -0.25) is 0 Å². The topological polar surface area (TPSA) is 64.9 Å². The molecule has 0 spiro atoms. The second-order valence-electron chi connectivity index (χ2n) is 2.96. The molecule has 0 aliphatic heterocycles. The molecule has 90 valence electrons. The SMILES string of the molecule is NCc1c(N)cc(C(F)(F)F)nc1C(F)F. The zero-order valence-corrected chi connectivity index (χ0v) is 7.85. The van der Waals surface area contributed by atoms with E-state index in [2.05, 4.69) is 4.98 Å². The molecule has 0 radical (unpaired) electrons. The lowest BCUT2D eigenvalue weighted by atomic mass is 10.1. The van der Waals surface area contributed by atoms with Crippen LogP contribution in [0.15, 0.2) is 6.07 Å². The lowest BCUT2D eigenvalue weighted by Crippen LogP contribution is -2.15. The quantitative estimate of drug-likeness (QED) is 0.779. The molecule has 0 saturated carbocycles. The van der Waals surface area contributed by atoms with Gasteiger partial charge in [0.15, 0.2) is 0 Å². The third-order valence-electron chi connectivity index (χ3n) is 1.89. The molecule has 0 aromatic carbocycles. The number of rotatable bonds is 2. The molecule has 0 amide bonds. The second kappa shape index (κ2) is 4.20. The Morgan fingerprint density at radius 1 is 1.31 bits per heavy atom. The number of aromatic nitrogens is 1. The molecule has 1 rings (SSSR count). The fourth-order valence-corrected chi connectivity index (χ4v) is 1.16. The van der Waals surface area contributed by atoms with Crippen LogP contribution in [0.1, 0.15) is 23.4 Å². The van der Waals surface area contributed by atoms with Gasteiger partial charge in [-0.05, 0) is 6.07 Å². The highest BCUT2D eigenvalue weighted by Gasteiger charge is 2.34. The first kappa shape index (κ1) is 12.6. The molecule has 0 fully saturated rings. The van der Waals surface area contributed by atoms with Gasteiger partial charge in [-0.1, -0.05) is 0 Å². The van der Waals surface area contributed by atoms with Gasteiger partial charge in [0.05, 0.1) is 0 Å². The zero-order valence-electron chi connectivity index (χ0n) is 7.85. The average Bonchev–Trinajstić information content (AvgIpc) is 2.14. The van der Waals surface area contributed by atoms with Crippen LogP contribution in [0.3, 0.4) is 0 Å². The Morgan fingerprint density at radius 3 is 2.25 bits per heavy atom. The van der Waals surface area contributed by atoms with Gasteiger partial charge in [-0.25, -0.2) is 13.8 Å². The van der Waals surface area contributed by atoms with Crippen molar-refractivity contribution in [2.45, 2.75) is 19.1 Å². The van der Waals surface area contributed by atoms with E-state index in [1.165, 1.54) is 0 Å². The Labute approximate surface area is 87.3 Å². The number of nitrogens with two attached hydrogens (primary N) is 2. The van der Waals surface area contributed by atoms with Crippen molar-refractivity contribution in [1.29, 1.82) is 0 Å². The number of nitrogen functional groups attached to an aromatic ring is 1. The first-order chi connectivity index (χ1) is 7.27. The first-order valence-electron chi connectivity index (χ1n) is 4.12. The molecule has 0 unspecified atom stereocenters. The molecule has 1 heterocycles. The van der Waals surface area contributed by atoms with E-state index in [0.29, 0.717) is 6.07 Å². The molecule has 0 aliphatic carbocycles. The van der Waals surface area contributed by atoms with Crippen LogP contribution in [0.25, 0.3) is 0 Å². The molecule has 0 atom stereocenters. The summed E-state index contributed by atoms with van der Waals surface area (Å²) in [6.45, 7) is -0.392. The van der Waals surface area contributed by atoms with Crippen LogP contribution in [-0.2, 0) is 12.7 Å². The Balaban J connectivity index is 3.40. The highest BCUT2D eigenvalue weighted by molar-refractivity contribution is 5.50. The van der Waals surface area contributed by atoms with Crippen LogP contribution >= 0.6 is 0 Å². The van der Waals surface area contributed by atoms with Crippen LogP contribution in [-0.4, -0.2) is 4.98 Å². The van der Waals surface area contributed by atoms with Crippen LogP contribution in [0.5, 0.6) is 0 Å². The number of pyridine rings is 1. The summed E-state index contributed by atoms with van der Waals surface area (Å²) in [5.41, 5.74) is 7.17. The van der Waals surface area contributed by atoms with Gasteiger partial charge in [0.2, 0.25) is 0 Å². The third kappa shape index (κ3) is 2.38. The summed E-state index contributed by atoms with van der Waals surface area (Å²) in [6.07, 6.45) is -7.96. The van der Waals surface area contributed by atoms with Gasteiger partial charge < -0.3 is 11.5 Å². The predicted molar refractivity (Wildman–Crippen MR) is 46.5 cm³/mol. The first-order valence-corrected chi connectivity index (χ1v) is 4.12. The summed E-state index contributed by atoms with van der Waals surface area (Å²) in [7, 11) is 0. The standard InChI is InChI=1S/C8H8F5N3/c9-7(10)6-3(2-14)4(15)1-5(16-6)8(11,12)13/h1,7H,2,14H2,(H2,15,16). The minimum Gasteiger partial charge on any atom is -0.398 e. The van der Waals surface area contributed by atoms with Crippen molar-refractivity contribution in [1.82, 2.24) is 4.98 Å².